The Balaban J connectivity index is 1.44. The molecule has 3 rings (SSSR count). The van der Waals surface area contributed by atoms with Gasteiger partial charge in [-0.1, -0.05) is 54.6 Å². The number of aliphatic hydroxyl groups excluding tert-OH is 1. The van der Waals surface area contributed by atoms with E-state index in [4.69, 9.17) is 0 Å². The molecule has 0 bridgehead atoms. The zero-order valence-electron chi connectivity index (χ0n) is 15.0. The van der Waals surface area contributed by atoms with Gasteiger partial charge in [0.25, 0.3) is 0 Å². The molecule has 0 saturated carbocycles. The lowest BCUT2D eigenvalue weighted by molar-refractivity contribution is -0.118. The fourth-order valence-electron chi connectivity index (χ4n) is 2.73. The zero-order chi connectivity index (χ0) is 18.9. The molecule has 0 fully saturated rings. The van der Waals surface area contributed by atoms with Crippen LogP contribution in [0.3, 0.4) is 0 Å². The Morgan fingerprint density at radius 3 is 2.56 bits per heavy atom. The van der Waals surface area contributed by atoms with Gasteiger partial charge in [0, 0.05) is 24.7 Å². The molecule has 3 aromatic rings. The molecular weight excluding hydrogens is 358 g/mol. The van der Waals surface area contributed by atoms with Crippen molar-refractivity contribution in [2.24, 2.45) is 0 Å². The molecule has 0 aliphatic rings. The third kappa shape index (κ3) is 5.98. The molecule has 1 aromatic heterocycles. The summed E-state index contributed by atoms with van der Waals surface area (Å²) in [5.41, 5.74) is 3.09. The lowest BCUT2D eigenvalue weighted by Crippen LogP contribution is -2.25. The number of aromatic nitrogens is 2. The Kier molecular flexibility index (Phi) is 7.07. The number of carbonyl (C=O) groups is 1. The van der Waals surface area contributed by atoms with E-state index >= 15 is 0 Å². The molecule has 27 heavy (non-hydrogen) atoms. The summed E-state index contributed by atoms with van der Waals surface area (Å²) in [4.78, 5) is 12.1. The average Bonchev–Trinajstić information content (AvgIpc) is 3.21. The van der Waals surface area contributed by atoms with Crippen molar-refractivity contribution >= 4 is 17.7 Å². The van der Waals surface area contributed by atoms with Gasteiger partial charge in [0.1, 0.15) is 0 Å². The third-order valence-electron chi connectivity index (χ3n) is 4.18. The van der Waals surface area contributed by atoms with Gasteiger partial charge in [-0.2, -0.15) is 5.10 Å². The van der Waals surface area contributed by atoms with E-state index in [1.54, 1.807) is 6.20 Å². The average molecular weight is 382 g/mol. The van der Waals surface area contributed by atoms with Crippen LogP contribution in [0.1, 0.15) is 22.8 Å². The number of carbonyl (C=O) groups excluding carboxylic acids is 1. The SMILES string of the molecule is O=C(CSCC(O)c1ccccc1)NCc1ccccc1Cn1cccn1. The number of benzene rings is 2. The summed E-state index contributed by atoms with van der Waals surface area (Å²) in [5, 5.41) is 17.3. The standard InChI is InChI=1S/C21H23N3O2S/c25-20(17-7-2-1-3-8-17)15-27-16-21(26)22-13-18-9-4-5-10-19(18)14-24-12-6-11-23-24/h1-12,20,25H,13-16H2,(H,22,26). The molecule has 1 unspecified atom stereocenters. The molecule has 6 heteroatoms. The van der Waals surface area contributed by atoms with Crippen LogP contribution in [0.25, 0.3) is 0 Å². The van der Waals surface area contributed by atoms with E-state index in [1.807, 2.05) is 71.5 Å². The summed E-state index contributed by atoms with van der Waals surface area (Å²) in [7, 11) is 0. The summed E-state index contributed by atoms with van der Waals surface area (Å²) < 4.78 is 1.86. The molecule has 0 radical (unpaired) electrons. The van der Waals surface area contributed by atoms with E-state index < -0.39 is 6.10 Å². The molecule has 1 heterocycles. The smallest absolute Gasteiger partial charge is 0.230 e. The van der Waals surface area contributed by atoms with Crippen LogP contribution in [0.15, 0.2) is 73.1 Å². The van der Waals surface area contributed by atoms with Crippen molar-refractivity contribution in [3.63, 3.8) is 0 Å². The number of aliphatic hydroxyl groups is 1. The van der Waals surface area contributed by atoms with E-state index in [-0.39, 0.29) is 5.91 Å². The van der Waals surface area contributed by atoms with Crippen LogP contribution >= 0.6 is 11.8 Å². The predicted octanol–water partition coefficient (Wildman–Crippen LogP) is 3.01. The van der Waals surface area contributed by atoms with Crippen molar-refractivity contribution in [2.75, 3.05) is 11.5 Å². The van der Waals surface area contributed by atoms with Crippen LogP contribution in [0.5, 0.6) is 0 Å². The summed E-state index contributed by atoms with van der Waals surface area (Å²) in [6.07, 6.45) is 3.12. The van der Waals surface area contributed by atoms with Gasteiger partial charge in [-0.05, 0) is 22.8 Å². The highest BCUT2D eigenvalue weighted by molar-refractivity contribution is 7.99. The third-order valence-corrected chi connectivity index (χ3v) is 5.20. The van der Waals surface area contributed by atoms with Crippen molar-refractivity contribution in [3.05, 3.63) is 89.7 Å². The highest BCUT2D eigenvalue weighted by Crippen LogP contribution is 2.17. The molecule has 5 nitrogen and oxygen atoms in total. The normalized spacial score (nSPS) is 11.9. The number of thioether (sulfide) groups is 1. The second-order valence-corrected chi connectivity index (χ2v) is 7.22. The Bertz CT molecular complexity index is 838. The molecule has 2 N–H and O–H groups in total. The largest absolute Gasteiger partial charge is 0.388 e. The highest BCUT2D eigenvalue weighted by atomic mass is 32.2. The number of amides is 1. The fraction of sp³-hybridized carbons (Fsp3) is 0.238. The quantitative estimate of drug-likeness (QED) is 0.598. The molecule has 0 spiro atoms. The van der Waals surface area contributed by atoms with Gasteiger partial charge < -0.3 is 10.4 Å². The van der Waals surface area contributed by atoms with Gasteiger partial charge in [-0.3, -0.25) is 9.48 Å². The van der Waals surface area contributed by atoms with Gasteiger partial charge in [-0.25, -0.2) is 0 Å². The zero-order valence-corrected chi connectivity index (χ0v) is 15.8. The molecule has 1 amide bonds. The molecule has 0 aliphatic heterocycles. The van der Waals surface area contributed by atoms with Crippen LogP contribution in [0, 0.1) is 0 Å². The van der Waals surface area contributed by atoms with Crippen molar-refractivity contribution in [1.82, 2.24) is 15.1 Å². The molecule has 1 atom stereocenters. The van der Waals surface area contributed by atoms with Crippen molar-refractivity contribution in [1.29, 1.82) is 0 Å². The van der Waals surface area contributed by atoms with E-state index in [0.717, 1.165) is 16.7 Å². The Morgan fingerprint density at radius 2 is 1.81 bits per heavy atom. The number of rotatable bonds is 9. The molecule has 140 valence electrons. The minimum atomic E-state index is -0.557. The van der Waals surface area contributed by atoms with Crippen molar-refractivity contribution < 1.29 is 9.90 Å². The van der Waals surface area contributed by atoms with Crippen molar-refractivity contribution in [2.45, 2.75) is 19.2 Å². The minimum Gasteiger partial charge on any atom is -0.388 e. The highest BCUT2D eigenvalue weighted by Gasteiger charge is 2.10. The monoisotopic (exact) mass is 381 g/mol. The van der Waals surface area contributed by atoms with Gasteiger partial charge in [0.05, 0.1) is 18.4 Å². The summed E-state index contributed by atoms with van der Waals surface area (Å²) in [6, 6.07) is 19.4. The van der Waals surface area contributed by atoms with Gasteiger partial charge in [0.15, 0.2) is 0 Å². The fourth-order valence-corrected chi connectivity index (χ4v) is 3.55. The second kappa shape index (κ2) is 9.94. The summed E-state index contributed by atoms with van der Waals surface area (Å²) >= 11 is 1.43. The van der Waals surface area contributed by atoms with Gasteiger partial charge in [0.2, 0.25) is 5.91 Å². The van der Waals surface area contributed by atoms with Gasteiger partial charge in [-0.15, -0.1) is 11.8 Å². The maximum absolute atomic E-state index is 12.1. The number of nitrogens with zero attached hydrogens (tertiary/aromatic N) is 2. The first-order valence-electron chi connectivity index (χ1n) is 8.84. The topological polar surface area (TPSA) is 67.2 Å². The lowest BCUT2D eigenvalue weighted by Gasteiger charge is -2.12. The van der Waals surface area contributed by atoms with Crippen LogP contribution in [0.4, 0.5) is 0 Å². The maximum Gasteiger partial charge on any atom is 0.230 e. The Labute approximate surface area is 163 Å². The molecular formula is C21H23N3O2S. The second-order valence-electron chi connectivity index (χ2n) is 6.19. The first-order valence-corrected chi connectivity index (χ1v) is 9.99. The number of hydrogen-bond donors (Lipinski definition) is 2. The Hall–Kier alpha value is -2.57. The molecule has 0 aliphatic carbocycles. The van der Waals surface area contributed by atoms with Crippen LogP contribution in [0.2, 0.25) is 0 Å². The van der Waals surface area contributed by atoms with E-state index in [1.165, 1.54) is 11.8 Å². The maximum atomic E-state index is 12.1. The first-order chi connectivity index (χ1) is 13.2. The van der Waals surface area contributed by atoms with Crippen molar-refractivity contribution in [3.8, 4) is 0 Å². The lowest BCUT2D eigenvalue weighted by atomic mass is 10.1. The Morgan fingerprint density at radius 1 is 1.07 bits per heavy atom. The van der Waals surface area contributed by atoms with Crippen LogP contribution in [-0.4, -0.2) is 32.3 Å². The van der Waals surface area contributed by atoms with E-state index in [9.17, 15) is 9.90 Å². The summed E-state index contributed by atoms with van der Waals surface area (Å²) in [6.45, 7) is 1.16. The number of hydrogen-bond acceptors (Lipinski definition) is 4. The predicted molar refractivity (Wildman–Crippen MR) is 108 cm³/mol. The minimum absolute atomic E-state index is 0.0332. The van der Waals surface area contributed by atoms with E-state index in [2.05, 4.69) is 10.4 Å². The summed E-state index contributed by atoms with van der Waals surface area (Å²) in [5.74, 6) is 0.785. The number of nitrogens with one attached hydrogen (secondary N) is 1. The first kappa shape index (κ1) is 19.2. The van der Waals surface area contributed by atoms with Crippen LogP contribution < -0.4 is 5.32 Å². The molecule has 2 aromatic carbocycles. The molecule has 0 saturated heterocycles. The van der Waals surface area contributed by atoms with Crippen LogP contribution in [-0.2, 0) is 17.9 Å². The van der Waals surface area contributed by atoms with E-state index in [0.29, 0.717) is 24.6 Å². The van der Waals surface area contributed by atoms with Gasteiger partial charge >= 0.3 is 0 Å².